The molecule has 2 heterocycles. The van der Waals surface area contributed by atoms with E-state index in [2.05, 4.69) is 56.2 Å². The van der Waals surface area contributed by atoms with E-state index in [1.54, 1.807) is 0 Å². The minimum Gasteiger partial charge on any atom is -0.491 e. The summed E-state index contributed by atoms with van der Waals surface area (Å²) in [5.41, 5.74) is 2.54. The second-order valence-electron chi connectivity index (χ2n) is 7.01. The van der Waals surface area contributed by atoms with Crippen molar-refractivity contribution in [2.45, 2.75) is 70.7 Å². The van der Waals surface area contributed by atoms with Crippen LogP contribution in [0.4, 0.5) is 5.69 Å². The van der Waals surface area contributed by atoms with Crippen molar-refractivity contribution in [1.82, 2.24) is 4.90 Å². The van der Waals surface area contributed by atoms with Gasteiger partial charge in [0.2, 0.25) is 0 Å². The molecule has 1 aromatic rings. The Morgan fingerprint density at radius 3 is 2.43 bits per heavy atom. The molecule has 0 spiro atoms. The summed E-state index contributed by atoms with van der Waals surface area (Å²) >= 11 is 0. The molecule has 3 rings (SSSR count). The van der Waals surface area contributed by atoms with Crippen molar-refractivity contribution in [2.75, 3.05) is 12.4 Å². The second kappa shape index (κ2) is 5.88. The molecule has 0 aromatic heterocycles. The molecule has 0 aliphatic carbocycles. The van der Waals surface area contributed by atoms with Crippen molar-refractivity contribution in [3.63, 3.8) is 0 Å². The van der Waals surface area contributed by atoms with Crippen LogP contribution >= 0.6 is 0 Å². The van der Waals surface area contributed by atoms with Crippen molar-refractivity contribution >= 4 is 5.69 Å². The molecule has 2 aliphatic rings. The van der Waals surface area contributed by atoms with E-state index in [0.29, 0.717) is 6.04 Å². The van der Waals surface area contributed by atoms with Crippen molar-refractivity contribution < 1.29 is 4.74 Å². The van der Waals surface area contributed by atoms with Crippen LogP contribution in [-0.4, -0.2) is 36.2 Å². The van der Waals surface area contributed by atoms with Crippen LogP contribution in [0, 0.1) is 6.92 Å². The van der Waals surface area contributed by atoms with Crippen LogP contribution < -0.4 is 10.1 Å². The molecular formula is C18H28N2O. The van der Waals surface area contributed by atoms with Crippen LogP contribution in [-0.2, 0) is 0 Å². The number of hydrogen-bond acceptors (Lipinski definition) is 3. The highest BCUT2D eigenvalue weighted by Gasteiger charge is 2.38. The number of nitrogens with one attached hydrogen (secondary N) is 1. The maximum atomic E-state index is 5.76. The molecule has 0 saturated carbocycles. The molecule has 2 aliphatic heterocycles. The van der Waals surface area contributed by atoms with E-state index >= 15 is 0 Å². The third-order valence-corrected chi connectivity index (χ3v) is 5.03. The lowest BCUT2D eigenvalue weighted by Crippen LogP contribution is -2.44. The molecule has 2 unspecified atom stereocenters. The van der Waals surface area contributed by atoms with Gasteiger partial charge < -0.3 is 15.0 Å². The van der Waals surface area contributed by atoms with Gasteiger partial charge in [0.25, 0.3) is 0 Å². The molecule has 0 amide bonds. The lowest BCUT2D eigenvalue weighted by molar-refractivity contribution is 0.169. The standard InChI is InChI=1S/C18H28N2O/c1-12(2)21-17-7-8-18(13(3)9-17)19-14-10-15-5-6-16(11-14)20(15)4/h7-9,12,14-16,19H,5-6,10-11H2,1-4H3. The third kappa shape index (κ3) is 3.18. The Balaban J connectivity index is 1.65. The van der Waals surface area contributed by atoms with Crippen molar-refractivity contribution in [3.05, 3.63) is 23.8 Å². The first-order valence-corrected chi connectivity index (χ1v) is 8.28. The van der Waals surface area contributed by atoms with E-state index in [0.717, 1.165) is 17.8 Å². The van der Waals surface area contributed by atoms with Gasteiger partial charge in [0.1, 0.15) is 5.75 Å². The smallest absolute Gasteiger partial charge is 0.120 e. The van der Waals surface area contributed by atoms with Gasteiger partial charge in [-0.15, -0.1) is 0 Å². The fourth-order valence-electron chi connectivity index (χ4n) is 3.89. The number of aryl methyl sites for hydroxylation is 1. The minimum absolute atomic E-state index is 0.229. The van der Waals surface area contributed by atoms with Gasteiger partial charge in [0, 0.05) is 23.8 Å². The summed E-state index contributed by atoms with van der Waals surface area (Å²) in [4.78, 5) is 2.59. The van der Waals surface area contributed by atoms with E-state index in [4.69, 9.17) is 4.74 Å². The van der Waals surface area contributed by atoms with Crippen LogP contribution in [0.5, 0.6) is 5.75 Å². The first-order chi connectivity index (χ1) is 10.0. The van der Waals surface area contributed by atoms with E-state index < -0.39 is 0 Å². The van der Waals surface area contributed by atoms with Crippen LogP contribution in [0.2, 0.25) is 0 Å². The number of ether oxygens (including phenoxy) is 1. The summed E-state index contributed by atoms with van der Waals surface area (Å²) in [5.74, 6) is 0.969. The highest BCUT2D eigenvalue weighted by molar-refractivity contribution is 5.54. The minimum atomic E-state index is 0.229. The molecule has 2 saturated heterocycles. The molecule has 2 fully saturated rings. The normalized spacial score (nSPS) is 28.9. The van der Waals surface area contributed by atoms with E-state index in [1.807, 2.05) is 0 Å². The lowest BCUT2D eigenvalue weighted by atomic mass is 9.97. The Bertz CT molecular complexity index is 486. The first kappa shape index (κ1) is 14.7. The topological polar surface area (TPSA) is 24.5 Å². The zero-order chi connectivity index (χ0) is 15.0. The van der Waals surface area contributed by atoms with Crippen LogP contribution in [0.25, 0.3) is 0 Å². The Morgan fingerprint density at radius 1 is 1.19 bits per heavy atom. The molecule has 3 heteroatoms. The summed E-state index contributed by atoms with van der Waals surface area (Å²) < 4.78 is 5.76. The molecule has 116 valence electrons. The maximum Gasteiger partial charge on any atom is 0.120 e. The Morgan fingerprint density at radius 2 is 1.86 bits per heavy atom. The average molecular weight is 288 g/mol. The summed E-state index contributed by atoms with van der Waals surface area (Å²) in [6, 6.07) is 8.59. The van der Waals surface area contributed by atoms with Gasteiger partial charge in [0.05, 0.1) is 6.10 Å². The average Bonchev–Trinajstić information content (AvgIpc) is 2.63. The van der Waals surface area contributed by atoms with Gasteiger partial charge in [-0.25, -0.2) is 0 Å². The number of piperidine rings is 1. The third-order valence-electron chi connectivity index (χ3n) is 5.03. The summed E-state index contributed by atoms with van der Waals surface area (Å²) in [5, 5.41) is 3.77. The van der Waals surface area contributed by atoms with Crippen molar-refractivity contribution in [3.8, 4) is 5.75 Å². The van der Waals surface area contributed by atoms with Gasteiger partial charge in [0.15, 0.2) is 0 Å². The van der Waals surface area contributed by atoms with Crippen LogP contribution in [0.3, 0.4) is 0 Å². The zero-order valence-electron chi connectivity index (χ0n) is 13.7. The number of rotatable bonds is 4. The molecular weight excluding hydrogens is 260 g/mol. The molecule has 3 nitrogen and oxygen atoms in total. The van der Waals surface area contributed by atoms with Crippen LogP contribution in [0.15, 0.2) is 18.2 Å². The van der Waals surface area contributed by atoms with Gasteiger partial charge in [-0.3, -0.25) is 0 Å². The van der Waals surface area contributed by atoms with Crippen LogP contribution in [0.1, 0.15) is 45.1 Å². The highest BCUT2D eigenvalue weighted by Crippen LogP contribution is 2.36. The molecule has 0 radical (unpaired) electrons. The maximum absolute atomic E-state index is 5.76. The fourth-order valence-corrected chi connectivity index (χ4v) is 3.89. The molecule has 1 N–H and O–H groups in total. The van der Waals surface area contributed by atoms with Gasteiger partial charge in [-0.1, -0.05) is 0 Å². The van der Waals surface area contributed by atoms with Gasteiger partial charge >= 0.3 is 0 Å². The predicted octanol–water partition coefficient (Wildman–Crippen LogP) is 3.82. The quantitative estimate of drug-likeness (QED) is 0.911. The van der Waals surface area contributed by atoms with E-state index in [-0.39, 0.29) is 6.10 Å². The summed E-state index contributed by atoms with van der Waals surface area (Å²) in [6.07, 6.45) is 5.53. The Kier molecular flexibility index (Phi) is 4.12. The van der Waals surface area contributed by atoms with Gasteiger partial charge in [-0.2, -0.15) is 0 Å². The largest absolute Gasteiger partial charge is 0.491 e. The first-order valence-electron chi connectivity index (χ1n) is 8.28. The van der Waals surface area contributed by atoms with Gasteiger partial charge in [-0.05, 0) is 77.3 Å². The molecule has 2 bridgehead atoms. The van der Waals surface area contributed by atoms with E-state index in [9.17, 15) is 0 Å². The highest BCUT2D eigenvalue weighted by atomic mass is 16.5. The zero-order valence-corrected chi connectivity index (χ0v) is 13.7. The number of anilines is 1. The Hall–Kier alpha value is -1.22. The number of benzene rings is 1. The predicted molar refractivity (Wildman–Crippen MR) is 88.2 cm³/mol. The number of hydrogen-bond donors (Lipinski definition) is 1. The summed E-state index contributed by atoms with van der Waals surface area (Å²) in [6.45, 7) is 6.30. The second-order valence-corrected chi connectivity index (χ2v) is 7.01. The molecule has 2 atom stereocenters. The fraction of sp³-hybridized carbons (Fsp3) is 0.667. The molecule has 1 aromatic carbocycles. The molecule has 21 heavy (non-hydrogen) atoms. The summed E-state index contributed by atoms with van der Waals surface area (Å²) in [7, 11) is 2.29. The number of fused-ring (bicyclic) bond motifs is 2. The monoisotopic (exact) mass is 288 g/mol. The SMILES string of the molecule is Cc1cc(OC(C)C)ccc1NC1CC2CCC(C1)N2C. The van der Waals surface area contributed by atoms with Crippen molar-refractivity contribution in [1.29, 1.82) is 0 Å². The lowest BCUT2D eigenvalue weighted by Gasteiger charge is -2.37. The van der Waals surface area contributed by atoms with E-state index in [1.165, 1.54) is 36.9 Å². The number of nitrogens with zero attached hydrogens (tertiary/aromatic N) is 1. The van der Waals surface area contributed by atoms with Crippen molar-refractivity contribution in [2.24, 2.45) is 0 Å². The Labute approximate surface area is 128 Å².